The number of amides is 1. The molecule has 0 fully saturated rings. The van der Waals surface area contributed by atoms with Crippen LogP contribution in [0.15, 0.2) is 42.7 Å². The normalized spacial score (nSPS) is 10.9. The van der Waals surface area contributed by atoms with Crippen LogP contribution >= 0.6 is 0 Å². The average Bonchev–Trinajstić information content (AvgIpc) is 3.08. The summed E-state index contributed by atoms with van der Waals surface area (Å²) >= 11 is 0. The van der Waals surface area contributed by atoms with Crippen molar-refractivity contribution in [1.29, 1.82) is 0 Å². The number of carbonyl (C=O) groups is 1. The molecule has 0 saturated carbocycles. The fourth-order valence-electron chi connectivity index (χ4n) is 2.51. The zero-order valence-corrected chi connectivity index (χ0v) is 13.4. The molecule has 2 aromatic heterocycles. The fourth-order valence-corrected chi connectivity index (χ4v) is 2.51. The highest BCUT2D eigenvalue weighted by Crippen LogP contribution is 2.24. The first kappa shape index (κ1) is 15.2. The Bertz CT molecular complexity index is 838. The van der Waals surface area contributed by atoms with Crippen LogP contribution in [0.1, 0.15) is 30.6 Å². The minimum absolute atomic E-state index is 0.0606. The Hall–Kier alpha value is -2.69. The predicted octanol–water partition coefficient (Wildman–Crippen LogP) is 3.26. The van der Waals surface area contributed by atoms with Gasteiger partial charge in [-0.2, -0.15) is 5.10 Å². The molecule has 1 N–H and O–H groups in total. The van der Waals surface area contributed by atoms with Crippen LogP contribution < -0.4 is 5.32 Å². The van der Waals surface area contributed by atoms with Gasteiger partial charge in [-0.1, -0.05) is 25.1 Å². The molecule has 0 atom stereocenters. The zero-order valence-electron chi connectivity index (χ0n) is 13.4. The maximum absolute atomic E-state index is 12.5. The number of rotatable bonds is 5. The summed E-state index contributed by atoms with van der Waals surface area (Å²) in [7, 11) is 0. The molecule has 23 heavy (non-hydrogen) atoms. The van der Waals surface area contributed by atoms with Gasteiger partial charge in [0.2, 0.25) is 0 Å². The van der Waals surface area contributed by atoms with Crippen LogP contribution in [0.2, 0.25) is 0 Å². The number of benzene rings is 1. The van der Waals surface area contributed by atoms with E-state index in [0.29, 0.717) is 12.1 Å². The van der Waals surface area contributed by atoms with E-state index in [4.69, 9.17) is 0 Å². The van der Waals surface area contributed by atoms with Gasteiger partial charge >= 0.3 is 0 Å². The van der Waals surface area contributed by atoms with Gasteiger partial charge in [0, 0.05) is 30.2 Å². The first-order valence-corrected chi connectivity index (χ1v) is 7.93. The summed E-state index contributed by atoms with van der Waals surface area (Å²) in [5, 5.41) is 8.11. The molecule has 0 aliphatic rings. The molecule has 0 unspecified atom stereocenters. The van der Waals surface area contributed by atoms with E-state index in [2.05, 4.69) is 15.4 Å². The van der Waals surface area contributed by atoms with Gasteiger partial charge < -0.3 is 5.32 Å². The van der Waals surface area contributed by atoms with Gasteiger partial charge in [0.15, 0.2) is 0 Å². The summed E-state index contributed by atoms with van der Waals surface area (Å²) in [5.41, 5.74) is 3.16. The van der Waals surface area contributed by atoms with Gasteiger partial charge in [0.1, 0.15) is 0 Å². The lowest BCUT2D eigenvalue weighted by Gasteiger charge is -2.09. The van der Waals surface area contributed by atoms with Gasteiger partial charge in [-0.15, -0.1) is 0 Å². The molecule has 0 aliphatic carbocycles. The highest BCUT2D eigenvalue weighted by Gasteiger charge is 2.14. The smallest absolute Gasteiger partial charge is 0.252 e. The van der Waals surface area contributed by atoms with E-state index >= 15 is 0 Å². The van der Waals surface area contributed by atoms with E-state index in [9.17, 15) is 4.79 Å². The van der Waals surface area contributed by atoms with Crippen LogP contribution in [-0.4, -0.2) is 27.2 Å². The number of nitrogens with zero attached hydrogens (tertiary/aromatic N) is 3. The van der Waals surface area contributed by atoms with Crippen molar-refractivity contribution < 1.29 is 4.79 Å². The number of nitrogens with one attached hydrogen (secondary N) is 1. The lowest BCUT2D eigenvalue weighted by Crippen LogP contribution is -2.24. The monoisotopic (exact) mass is 308 g/mol. The van der Waals surface area contributed by atoms with Crippen molar-refractivity contribution >= 4 is 16.8 Å². The average molecular weight is 308 g/mol. The number of aryl methyl sites for hydroxylation is 1. The largest absolute Gasteiger partial charge is 0.352 e. The van der Waals surface area contributed by atoms with Crippen molar-refractivity contribution in [2.24, 2.45) is 0 Å². The van der Waals surface area contributed by atoms with Crippen molar-refractivity contribution in [2.45, 2.75) is 26.8 Å². The predicted molar refractivity (Wildman–Crippen MR) is 91.3 cm³/mol. The Balaban J connectivity index is 2.11. The van der Waals surface area contributed by atoms with E-state index in [1.807, 2.05) is 55.1 Å². The van der Waals surface area contributed by atoms with Crippen LogP contribution in [-0.2, 0) is 6.54 Å². The van der Waals surface area contributed by atoms with Gasteiger partial charge in [-0.25, -0.2) is 4.98 Å². The summed E-state index contributed by atoms with van der Waals surface area (Å²) in [6, 6.07) is 9.57. The molecule has 1 aromatic carbocycles. The summed E-state index contributed by atoms with van der Waals surface area (Å²) in [6.45, 7) is 5.54. The van der Waals surface area contributed by atoms with E-state index in [0.717, 1.165) is 35.1 Å². The van der Waals surface area contributed by atoms with E-state index in [1.54, 1.807) is 6.20 Å². The molecule has 0 spiro atoms. The number of pyridine rings is 1. The molecule has 3 aromatic rings. The second-order valence-electron chi connectivity index (χ2n) is 5.41. The SMILES string of the molecule is CCCNC(=O)c1cc(-c2cnn(CC)c2)nc2ccccc12. The number of fused-ring (bicyclic) bond motifs is 1. The maximum Gasteiger partial charge on any atom is 0.252 e. The Morgan fingerprint density at radius 2 is 2.09 bits per heavy atom. The maximum atomic E-state index is 12.5. The molecular formula is C18H20N4O. The van der Waals surface area contributed by atoms with Crippen molar-refractivity contribution in [1.82, 2.24) is 20.1 Å². The zero-order chi connectivity index (χ0) is 16.2. The first-order valence-electron chi connectivity index (χ1n) is 7.93. The number of para-hydroxylation sites is 1. The second-order valence-corrected chi connectivity index (χ2v) is 5.41. The second kappa shape index (κ2) is 6.60. The third-order valence-electron chi connectivity index (χ3n) is 3.75. The molecule has 0 aliphatic heterocycles. The van der Waals surface area contributed by atoms with Crippen molar-refractivity contribution in [3.63, 3.8) is 0 Å². The van der Waals surface area contributed by atoms with Crippen LogP contribution in [0.4, 0.5) is 0 Å². The molecule has 0 radical (unpaired) electrons. The molecule has 3 rings (SSSR count). The highest BCUT2D eigenvalue weighted by atomic mass is 16.1. The van der Waals surface area contributed by atoms with Gasteiger partial charge in [0.25, 0.3) is 5.91 Å². The Morgan fingerprint density at radius 3 is 2.83 bits per heavy atom. The third kappa shape index (κ3) is 3.08. The minimum atomic E-state index is -0.0606. The van der Waals surface area contributed by atoms with E-state index in [-0.39, 0.29) is 5.91 Å². The summed E-state index contributed by atoms with van der Waals surface area (Å²) in [5.74, 6) is -0.0606. The van der Waals surface area contributed by atoms with Crippen LogP contribution in [0.25, 0.3) is 22.2 Å². The fraction of sp³-hybridized carbons (Fsp3) is 0.278. The van der Waals surface area contributed by atoms with Crippen LogP contribution in [0, 0.1) is 0 Å². The Kier molecular flexibility index (Phi) is 4.37. The third-order valence-corrected chi connectivity index (χ3v) is 3.75. The lowest BCUT2D eigenvalue weighted by atomic mass is 10.0. The Labute approximate surface area is 135 Å². The molecule has 0 bridgehead atoms. The molecule has 5 heteroatoms. The lowest BCUT2D eigenvalue weighted by molar-refractivity contribution is 0.0955. The van der Waals surface area contributed by atoms with Gasteiger partial charge in [0.05, 0.1) is 23.0 Å². The molecule has 1 amide bonds. The molecule has 0 saturated heterocycles. The van der Waals surface area contributed by atoms with E-state index in [1.165, 1.54) is 0 Å². The molecule has 118 valence electrons. The summed E-state index contributed by atoms with van der Waals surface area (Å²) < 4.78 is 1.85. The standard InChI is InChI=1S/C18H20N4O/c1-3-9-19-18(23)15-10-17(13-11-20-22(4-2)12-13)21-16-8-6-5-7-14(15)16/h5-8,10-12H,3-4,9H2,1-2H3,(H,19,23). The summed E-state index contributed by atoms with van der Waals surface area (Å²) in [6.07, 6.45) is 4.64. The molecule has 5 nitrogen and oxygen atoms in total. The van der Waals surface area contributed by atoms with E-state index < -0.39 is 0 Å². The number of carbonyl (C=O) groups excluding carboxylic acids is 1. The van der Waals surface area contributed by atoms with Crippen LogP contribution in [0.5, 0.6) is 0 Å². The quantitative estimate of drug-likeness (QED) is 0.787. The van der Waals surface area contributed by atoms with Gasteiger partial charge in [-0.3, -0.25) is 9.48 Å². The number of hydrogen-bond donors (Lipinski definition) is 1. The van der Waals surface area contributed by atoms with Crippen molar-refractivity contribution in [3.05, 3.63) is 48.3 Å². The molecular weight excluding hydrogens is 288 g/mol. The first-order chi connectivity index (χ1) is 11.2. The van der Waals surface area contributed by atoms with Crippen molar-refractivity contribution in [2.75, 3.05) is 6.54 Å². The minimum Gasteiger partial charge on any atom is -0.352 e. The number of hydrogen-bond acceptors (Lipinski definition) is 3. The molecule has 2 heterocycles. The topological polar surface area (TPSA) is 59.8 Å². The highest BCUT2D eigenvalue weighted by molar-refractivity contribution is 6.07. The summed E-state index contributed by atoms with van der Waals surface area (Å²) in [4.78, 5) is 17.2. The van der Waals surface area contributed by atoms with Crippen LogP contribution in [0.3, 0.4) is 0 Å². The Morgan fingerprint density at radius 1 is 1.26 bits per heavy atom. The number of aromatic nitrogens is 3. The van der Waals surface area contributed by atoms with Gasteiger partial charge in [-0.05, 0) is 25.5 Å². The van der Waals surface area contributed by atoms with Crippen molar-refractivity contribution in [3.8, 4) is 11.3 Å².